The molecule has 0 bridgehead atoms. The van der Waals surface area contributed by atoms with Gasteiger partial charge in [-0.15, -0.1) is 0 Å². The average molecular weight is 217 g/mol. The number of rotatable bonds is 5. The molecule has 0 aliphatic rings. The summed E-state index contributed by atoms with van der Waals surface area (Å²) in [6.07, 6.45) is 0. The van der Waals surface area contributed by atoms with Crippen LogP contribution in [0.5, 0.6) is 0 Å². The van der Waals surface area contributed by atoms with Gasteiger partial charge >= 0.3 is 5.97 Å². The van der Waals surface area contributed by atoms with Gasteiger partial charge in [0.05, 0.1) is 6.61 Å². The Morgan fingerprint density at radius 3 is 2.13 bits per heavy atom. The van der Waals surface area contributed by atoms with Crippen molar-refractivity contribution in [2.24, 2.45) is 0 Å². The van der Waals surface area contributed by atoms with Crippen LogP contribution in [0.25, 0.3) is 0 Å². The molecule has 1 atom stereocenters. The molecule has 0 radical (unpaired) electrons. The summed E-state index contributed by atoms with van der Waals surface area (Å²) in [6, 6.07) is -0.182. The van der Waals surface area contributed by atoms with E-state index in [9.17, 15) is 9.59 Å². The molecule has 0 aromatic rings. The van der Waals surface area contributed by atoms with Crippen LogP contribution in [-0.2, 0) is 14.3 Å². The first-order valence-electron chi connectivity index (χ1n) is 4.79. The fourth-order valence-electron chi connectivity index (χ4n) is 1.80. The van der Waals surface area contributed by atoms with E-state index >= 15 is 0 Å². The van der Waals surface area contributed by atoms with Crippen molar-refractivity contribution in [1.29, 1.82) is 0 Å². The van der Waals surface area contributed by atoms with Crippen LogP contribution in [0, 0.1) is 0 Å². The number of nitrogens with zero attached hydrogens (tertiary/aromatic N) is 1. The summed E-state index contributed by atoms with van der Waals surface area (Å²) in [6.45, 7) is 6.37. The monoisotopic (exact) mass is 217 g/mol. The number of carbonyl (C=O) groups is 2. The first-order valence-corrected chi connectivity index (χ1v) is 4.79. The first kappa shape index (κ1) is 13.9. The third-order valence-corrected chi connectivity index (χ3v) is 2.27. The maximum Gasteiger partial charge on any atom is 0.331 e. The quantitative estimate of drug-likeness (QED) is 0.737. The second-order valence-corrected chi connectivity index (χ2v) is 3.99. The summed E-state index contributed by atoms with van der Waals surface area (Å²) in [5, 5.41) is 9.16. The highest BCUT2D eigenvalue weighted by molar-refractivity contribution is 5.86. The smallest absolute Gasteiger partial charge is 0.331 e. The minimum atomic E-state index is -1.31. The molecule has 0 aromatic heterocycles. The van der Waals surface area contributed by atoms with Gasteiger partial charge < -0.3 is 14.7 Å². The Balaban J connectivity index is 5.18. The molecule has 0 fully saturated rings. The van der Waals surface area contributed by atoms with E-state index < -0.39 is 11.5 Å². The average Bonchev–Trinajstić information content (AvgIpc) is 2.02. The second kappa shape index (κ2) is 5.11. The van der Waals surface area contributed by atoms with Crippen LogP contribution in [0.2, 0.25) is 0 Å². The molecule has 5 heteroatoms. The predicted octanol–water partition coefficient (Wildman–Crippen LogP) is 0.733. The number of carboxylic acids is 1. The molecular weight excluding hydrogens is 198 g/mol. The summed E-state index contributed by atoms with van der Waals surface area (Å²) in [4.78, 5) is 23.9. The highest BCUT2D eigenvalue weighted by Gasteiger charge is 2.42. The molecule has 0 aliphatic carbocycles. The Hall–Kier alpha value is -1.10. The molecule has 1 N–H and O–H groups in total. The number of aliphatic carboxylic acids is 1. The second-order valence-electron chi connectivity index (χ2n) is 3.99. The van der Waals surface area contributed by atoms with E-state index in [1.807, 2.05) is 0 Å². The van der Waals surface area contributed by atoms with E-state index in [-0.39, 0.29) is 18.6 Å². The van der Waals surface area contributed by atoms with Crippen LogP contribution < -0.4 is 0 Å². The van der Waals surface area contributed by atoms with E-state index in [0.717, 1.165) is 0 Å². The van der Waals surface area contributed by atoms with Crippen LogP contribution in [-0.4, -0.2) is 47.2 Å². The third kappa shape index (κ3) is 2.92. The standard InChI is InChI=1S/C10H19NO4/c1-7(2)11(8(3)12)10(4,6-15-5)9(13)14/h7H,6H2,1-5H3,(H,13,14). The molecule has 1 amide bonds. The topological polar surface area (TPSA) is 66.8 Å². The molecule has 0 aromatic carbocycles. The molecule has 5 nitrogen and oxygen atoms in total. The fraction of sp³-hybridized carbons (Fsp3) is 0.800. The zero-order valence-electron chi connectivity index (χ0n) is 9.90. The van der Waals surface area contributed by atoms with Gasteiger partial charge in [-0.25, -0.2) is 4.79 Å². The minimum Gasteiger partial charge on any atom is -0.479 e. The molecule has 88 valence electrons. The lowest BCUT2D eigenvalue weighted by molar-refractivity contribution is -0.163. The largest absolute Gasteiger partial charge is 0.479 e. The van der Waals surface area contributed by atoms with Crippen LogP contribution in [0.3, 0.4) is 0 Å². The molecule has 15 heavy (non-hydrogen) atoms. The lowest BCUT2D eigenvalue weighted by Gasteiger charge is -2.39. The maximum absolute atomic E-state index is 11.4. The van der Waals surface area contributed by atoms with E-state index in [2.05, 4.69) is 0 Å². The highest BCUT2D eigenvalue weighted by Crippen LogP contribution is 2.19. The Morgan fingerprint density at radius 2 is 1.93 bits per heavy atom. The lowest BCUT2D eigenvalue weighted by atomic mass is 9.99. The summed E-state index contributed by atoms with van der Waals surface area (Å²) >= 11 is 0. The van der Waals surface area contributed by atoms with Gasteiger partial charge in [0.1, 0.15) is 0 Å². The van der Waals surface area contributed by atoms with Crippen molar-refractivity contribution in [3.8, 4) is 0 Å². The lowest BCUT2D eigenvalue weighted by Crippen LogP contribution is -2.59. The number of carbonyl (C=O) groups excluding carboxylic acids is 1. The Morgan fingerprint density at radius 1 is 1.47 bits per heavy atom. The summed E-state index contributed by atoms with van der Waals surface area (Å²) < 4.78 is 4.87. The van der Waals surface area contributed by atoms with Gasteiger partial charge in [-0.3, -0.25) is 4.79 Å². The number of carboxylic acid groups (broad SMARTS) is 1. The van der Waals surface area contributed by atoms with E-state index in [1.165, 1.54) is 25.9 Å². The Kier molecular flexibility index (Phi) is 4.74. The number of hydrogen-bond acceptors (Lipinski definition) is 3. The molecule has 0 aliphatic heterocycles. The number of hydrogen-bond donors (Lipinski definition) is 1. The molecule has 0 saturated carbocycles. The normalized spacial score (nSPS) is 14.8. The van der Waals surface area contributed by atoms with Gasteiger partial charge in [-0.05, 0) is 20.8 Å². The zero-order valence-corrected chi connectivity index (χ0v) is 9.90. The van der Waals surface area contributed by atoms with Gasteiger partial charge in [-0.1, -0.05) is 0 Å². The van der Waals surface area contributed by atoms with E-state index in [4.69, 9.17) is 9.84 Å². The zero-order chi connectivity index (χ0) is 12.2. The molecular formula is C10H19NO4. The molecule has 0 spiro atoms. The Labute approximate surface area is 90.0 Å². The van der Waals surface area contributed by atoms with Crippen LogP contribution >= 0.6 is 0 Å². The number of methoxy groups -OCH3 is 1. The summed E-state index contributed by atoms with van der Waals surface area (Å²) in [7, 11) is 1.42. The third-order valence-electron chi connectivity index (χ3n) is 2.27. The van der Waals surface area contributed by atoms with Crippen molar-refractivity contribution in [3.63, 3.8) is 0 Å². The van der Waals surface area contributed by atoms with Crippen LogP contribution in [0.15, 0.2) is 0 Å². The van der Waals surface area contributed by atoms with E-state index in [1.54, 1.807) is 13.8 Å². The molecule has 0 saturated heterocycles. The minimum absolute atomic E-state index is 0.0277. The maximum atomic E-state index is 11.4. The molecule has 1 unspecified atom stereocenters. The SMILES string of the molecule is COCC(C)(C(=O)O)N(C(C)=O)C(C)C. The van der Waals surface area contributed by atoms with Crippen molar-refractivity contribution >= 4 is 11.9 Å². The van der Waals surface area contributed by atoms with Crippen molar-refractivity contribution in [2.75, 3.05) is 13.7 Å². The molecule has 0 rings (SSSR count). The van der Waals surface area contributed by atoms with Crippen LogP contribution in [0.4, 0.5) is 0 Å². The summed E-state index contributed by atoms with van der Waals surface area (Å²) in [5.41, 5.74) is -1.31. The van der Waals surface area contributed by atoms with Crippen molar-refractivity contribution in [1.82, 2.24) is 4.90 Å². The van der Waals surface area contributed by atoms with Gasteiger partial charge in [0.25, 0.3) is 0 Å². The highest BCUT2D eigenvalue weighted by atomic mass is 16.5. The van der Waals surface area contributed by atoms with Crippen molar-refractivity contribution in [3.05, 3.63) is 0 Å². The summed E-state index contributed by atoms with van der Waals surface area (Å²) in [5.74, 6) is -1.33. The van der Waals surface area contributed by atoms with Gasteiger partial charge in [0.15, 0.2) is 5.54 Å². The van der Waals surface area contributed by atoms with Gasteiger partial charge in [-0.2, -0.15) is 0 Å². The van der Waals surface area contributed by atoms with Gasteiger partial charge in [0.2, 0.25) is 5.91 Å². The van der Waals surface area contributed by atoms with E-state index in [0.29, 0.717) is 0 Å². The molecule has 0 heterocycles. The van der Waals surface area contributed by atoms with Crippen LogP contribution in [0.1, 0.15) is 27.7 Å². The number of amides is 1. The van der Waals surface area contributed by atoms with Gasteiger partial charge in [0, 0.05) is 20.1 Å². The first-order chi connectivity index (χ1) is 6.77. The fourth-order valence-corrected chi connectivity index (χ4v) is 1.80. The predicted molar refractivity (Wildman–Crippen MR) is 55.6 cm³/mol. The number of ether oxygens (including phenoxy) is 1. The van der Waals surface area contributed by atoms with Crippen molar-refractivity contribution in [2.45, 2.75) is 39.3 Å². The van der Waals surface area contributed by atoms with Crippen molar-refractivity contribution < 1.29 is 19.4 Å². The Bertz CT molecular complexity index is 252.